The van der Waals surface area contributed by atoms with Gasteiger partial charge in [-0.3, -0.25) is 10.1 Å². The van der Waals surface area contributed by atoms with Crippen molar-refractivity contribution in [3.05, 3.63) is 40.3 Å². The highest BCUT2D eigenvalue weighted by Crippen LogP contribution is 2.34. The SMILES string of the molecule is O=[N+]([O-])c1cc(F)c(OCc2ncon2)c(S(=O)(=O)Cl)c1. The number of hydrogen-bond acceptors (Lipinski definition) is 8. The van der Waals surface area contributed by atoms with E-state index in [2.05, 4.69) is 14.7 Å². The summed E-state index contributed by atoms with van der Waals surface area (Å²) in [6.07, 6.45) is 0.990. The highest BCUT2D eigenvalue weighted by Gasteiger charge is 2.26. The monoisotopic (exact) mass is 337 g/mol. The second-order valence-corrected chi connectivity index (χ2v) is 6.12. The van der Waals surface area contributed by atoms with Crippen LogP contribution in [0.1, 0.15) is 5.82 Å². The summed E-state index contributed by atoms with van der Waals surface area (Å²) in [4.78, 5) is 12.4. The first-order valence-corrected chi connectivity index (χ1v) is 7.40. The predicted molar refractivity (Wildman–Crippen MR) is 64.7 cm³/mol. The maximum absolute atomic E-state index is 13.8. The average Bonchev–Trinajstić information content (AvgIpc) is 2.88. The Kier molecular flexibility index (Phi) is 4.04. The van der Waals surface area contributed by atoms with E-state index in [4.69, 9.17) is 15.4 Å². The van der Waals surface area contributed by atoms with Gasteiger partial charge >= 0.3 is 0 Å². The van der Waals surface area contributed by atoms with Gasteiger partial charge in [0, 0.05) is 16.7 Å². The minimum atomic E-state index is -4.46. The van der Waals surface area contributed by atoms with Gasteiger partial charge in [-0.25, -0.2) is 12.8 Å². The number of nitrogens with zero attached hydrogens (tertiary/aromatic N) is 3. The van der Waals surface area contributed by atoms with E-state index in [1.165, 1.54) is 0 Å². The normalized spacial score (nSPS) is 11.3. The molecule has 2 rings (SSSR count). The van der Waals surface area contributed by atoms with E-state index in [9.17, 15) is 22.9 Å². The number of rotatable bonds is 5. The summed E-state index contributed by atoms with van der Waals surface area (Å²) in [5.74, 6) is -2.00. The van der Waals surface area contributed by atoms with Crippen LogP contribution in [0.4, 0.5) is 10.1 Å². The molecule has 1 aromatic carbocycles. The minimum absolute atomic E-state index is 0.0191. The molecular weight excluding hydrogens is 333 g/mol. The van der Waals surface area contributed by atoms with Crippen LogP contribution >= 0.6 is 10.7 Å². The Balaban J connectivity index is 2.45. The molecular formula is C9H5ClFN3O6S. The van der Waals surface area contributed by atoms with Gasteiger partial charge in [0.2, 0.25) is 12.2 Å². The fourth-order valence-corrected chi connectivity index (χ4v) is 2.36. The first kappa shape index (κ1) is 15.1. The molecule has 1 aromatic heterocycles. The Morgan fingerprint density at radius 2 is 2.19 bits per heavy atom. The van der Waals surface area contributed by atoms with Gasteiger partial charge in [-0.2, -0.15) is 4.98 Å². The number of benzene rings is 1. The Labute approximate surface area is 120 Å². The molecule has 0 aliphatic heterocycles. The Morgan fingerprint density at radius 3 is 2.71 bits per heavy atom. The molecule has 9 nitrogen and oxygen atoms in total. The number of ether oxygens (including phenoxy) is 1. The molecule has 0 N–H and O–H groups in total. The van der Waals surface area contributed by atoms with Crippen LogP contribution in [0.25, 0.3) is 0 Å². The second kappa shape index (κ2) is 5.61. The van der Waals surface area contributed by atoms with Gasteiger partial charge in [-0.15, -0.1) is 0 Å². The van der Waals surface area contributed by atoms with E-state index in [1.54, 1.807) is 0 Å². The molecule has 0 unspecified atom stereocenters. The molecule has 0 bridgehead atoms. The van der Waals surface area contributed by atoms with Gasteiger partial charge in [-0.1, -0.05) is 5.16 Å². The molecule has 0 aliphatic rings. The summed E-state index contributed by atoms with van der Waals surface area (Å²) in [5.41, 5.74) is -0.779. The van der Waals surface area contributed by atoms with Crippen LogP contribution in [-0.2, 0) is 15.7 Å². The first-order chi connectivity index (χ1) is 9.79. The van der Waals surface area contributed by atoms with Crippen LogP contribution in [0.5, 0.6) is 5.75 Å². The van der Waals surface area contributed by atoms with E-state index < -0.39 is 42.7 Å². The van der Waals surface area contributed by atoms with Crippen LogP contribution in [0.15, 0.2) is 27.9 Å². The third kappa shape index (κ3) is 3.44. The van der Waals surface area contributed by atoms with E-state index in [1.807, 2.05) is 0 Å². The molecule has 0 saturated heterocycles. The zero-order valence-corrected chi connectivity index (χ0v) is 11.5. The topological polar surface area (TPSA) is 125 Å². The van der Waals surface area contributed by atoms with Crippen molar-refractivity contribution in [3.63, 3.8) is 0 Å². The fraction of sp³-hybridized carbons (Fsp3) is 0.111. The molecule has 112 valence electrons. The Bertz CT molecular complexity index is 779. The lowest BCUT2D eigenvalue weighted by Crippen LogP contribution is -2.05. The summed E-state index contributed by atoms with van der Waals surface area (Å²) in [7, 11) is 0.662. The number of nitro groups is 1. The van der Waals surface area contributed by atoms with Crippen molar-refractivity contribution in [1.82, 2.24) is 10.1 Å². The zero-order chi connectivity index (χ0) is 15.6. The van der Waals surface area contributed by atoms with Crippen molar-refractivity contribution < 1.29 is 27.0 Å². The summed E-state index contributed by atoms with van der Waals surface area (Å²) in [6, 6.07) is 1.11. The van der Waals surface area contributed by atoms with Crippen LogP contribution in [0.3, 0.4) is 0 Å². The largest absolute Gasteiger partial charge is 0.481 e. The minimum Gasteiger partial charge on any atom is -0.481 e. The van der Waals surface area contributed by atoms with Crippen LogP contribution in [0, 0.1) is 15.9 Å². The van der Waals surface area contributed by atoms with Crippen molar-refractivity contribution in [2.75, 3.05) is 0 Å². The standard InChI is InChI=1S/C9H5ClFN3O6S/c10-21(17,18)7-2-5(14(15)16)1-6(11)9(7)19-3-8-12-4-20-13-8/h1-2,4H,3H2. The molecule has 0 saturated carbocycles. The summed E-state index contributed by atoms with van der Waals surface area (Å²) in [5, 5.41) is 14.0. The number of aromatic nitrogens is 2. The van der Waals surface area contributed by atoms with E-state index >= 15 is 0 Å². The highest BCUT2D eigenvalue weighted by atomic mass is 35.7. The summed E-state index contributed by atoms with van der Waals surface area (Å²) < 4.78 is 45.9. The number of halogens is 2. The molecule has 12 heteroatoms. The molecule has 0 amide bonds. The summed E-state index contributed by atoms with van der Waals surface area (Å²) in [6.45, 7) is -0.412. The van der Waals surface area contributed by atoms with E-state index in [-0.39, 0.29) is 5.82 Å². The number of non-ortho nitro benzene ring substituents is 1. The molecule has 0 fully saturated rings. The maximum atomic E-state index is 13.8. The predicted octanol–water partition coefficient (Wildman–Crippen LogP) is 1.62. The second-order valence-electron chi connectivity index (χ2n) is 3.59. The van der Waals surface area contributed by atoms with Gasteiger partial charge in [-0.05, 0) is 0 Å². The lowest BCUT2D eigenvalue weighted by molar-refractivity contribution is -0.385. The van der Waals surface area contributed by atoms with Gasteiger partial charge in [0.1, 0.15) is 4.90 Å². The Hall–Kier alpha value is -2.27. The number of nitro benzene ring substituents is 1. The fourth-order valence-electron chi connectivity index (χ4n) is 1.37. The molecule has 0 spiro atoms. The molecule has 0 radical (unpaired) electrons. The Morgan fingerprint density at radius 1 is 1.48 bits per heavy atom. The first-order valence-electron chi connectivity index (χ1n) is 5.09. The van der Waals surface area contributed by atoms with Crippen LogP contribution < -0.4 is 4.74 Å². The summed E-state index contributed by atoms with van der Waals surface area (Å²) >= 11 is 0. The van der Waals surface area contributed by atoms with Crippen molar-refractivity contribution >= 4 is 25.4 Å². The van der Waals surface area contributed by atoms with Crippen LogP contribution in [0.2, 0.25) is 0 Å². The average molecular weight is 338 g/mol. The molecule has 21 heavy (non-hydrogen) atoms. The van der Waals surface area contributed by atoms with Crippen LogP contribution in [-0.4, -0.2) is 23.5 Å². The molecule has 0 aliphatic carbocycles. The van der Waals surface area contributed by atoms with Gasteiger partial charge in [0.25, 0.3) is 14.7 Å². The zero-order valence-electron chi connectivity index (χ0n) is 9.89. The lowest BCUT2D eigenvalue weighted by atomic mass is 10.3. The molecule has 2 aromatic rings. The van der Waals surface area contributed by atoms with E-state index in [0.29, 0.717) is 12.1 Å². The quantitative estimate of drug-likeness (QED) is 0.457. The van der Waals surface area contributed by atoms with Gasteiger partial charge in [0.15, 0.2) is 18.2 Å². The third-order valence-electron chi connectivity index (χ3n) is 2.22. The van der Waals surface area contributed by atoms with E-state index in [0.717, 1.165) is 6.39 Å². The molecule has 1 heterocycles. The number of hydrogen-bond donors (Lipinski definition) is 0. The van der Waals surface area contributed by atoms with Gasteiger partial charge in [0.05, 0.1) is 11.0 Å². The third-order valence-corrected chi connectivity index (χ3v) is 3.55. The molecule has 0 atom stereocenters. The highest BCUT2D eigenvalue weighted by molar-refractivity contribution is 8.13. The van der Waals surface area contributed by atoms with Crippen molar-refractivity contribution in [1.29, 1.82) is 0 Å². The van der Waals surface area contributed by atoms with Crippen molar-refractivity contribution in [2.45, 2.75) is 11.5 Å². The smallest absolute Gasteiger partial charge is 0.273 e. The lowest BCUT2D eigenvalue weighted by Gasteiger charge is -2.09. The van der Waals surface area contributed by atoms with Crippen molar-refractivity contribution in [3.8, 4) is 5.75 Å². The van der Waals surface area contributed by atoms with Crippen molar-refractivity contribution in [2.24, 2.45) is 0 Å². The van der Waals surface area contributed by atoms with Gasteiger partial charge < -0.3 is 9.26 Å². The maximum Gasteiger partial charge on any atom is 0.273 e.